The molecular weight excluding hydrogens is 549 g/mol. The number of unbranched alkanes of at least 4 members (excludes halogenated alkanes) is 1. The van der Waals surface area contributed by atoms with E-state index in [1.165, 1.54) is 30.5 Å². The molecule has 1 N–H and O–H groups in total. The maximum absolute atomic E-state index is 14.1. The Hall–Kier alpha value is -4.08. The van der Waals surface area contributed by atoms with Crippen molar-refractivity contribution < 1.29 is 19.0 Å². The number of benzene rings is 3. The molecule has 43 heavy (non-hydrogen) atoms. The number of nitrogens with zero attached hydrogens (tertiary/aromatic N) is 3. The van der Waals surface area contributed by atoms with Gasteiger partial charge in [0.2, 0.25) is 0 Å². The topological polar surface area (TPSA) is 93.8 Å². The molecule has 226 valence electrons. The molecule has 5 rings (SSSR count). The van der Waals surface area contributed by atoms with Gasteiger partial charge in [-0.1, -0.05) is 60.7 Å². The summed E-state index contributed by atoms with van der Waals surface area (Å²) in [6.45, 7) is 5.52. The molecule has 0 aliphatic carbocycles. The van der Waals surface area contributed by atoms with Crippen LogP contribution < -0.4 is 11.2 Å². The fourth-order valence-electron chi connectivity index (χ4n) is 5.82. The molecule has 8 nitrogen and oxygen atoms in total. The molecule has 1 saturated heterocycles. The van der Waals surface area contributed by atoms with E-state index in [0.29, 0.717) is 11.9 Å². The van der Waals surface area contributed by atoms with E-state index in [-0.39, 0.29) is 24.1 Å². The summed E-state index contributed by atoms with van der Waals surface area (Å²) in [7, 11) is 0. The zero-order valence-electron chi connectivity index (χ0n) is 24.6. The van der Waals surface area contributed by atoms with Gasteiger partial charge in [-0.05, 0) is 75.4 Å². The van der Waals surface area contributed by atoms with Crippen molar-refractivity contribution in [3.8, 4) is 0 Å². The zero-order valence-corrected chi connectivity index (χ0v) is 24.6. The number of hydrogen-bond acceptors (Lipinski definition) is 5. The normalized spacial score (nSPS) is 14.9. The largest absolute Gasteiger partial charge is 0.480 e. The SMILES string of the molecule is CC(C)(C(=O)O)n1c(=O)c2cc(F)ccc2n(CCCCN2CCC(OC(c3ccccc3)c3ccccc3)CC2)c1=O. The number of halogens is 1. The van der Waals surface area contributed by atoms with Gasteiger partial charge < -0.3 is 14.7 Å². The summed E-state index contributed by atoms with van der Waals surface area (Å²) in [6.07, 6.45) is 3.31. The number of carbonyl (C=O) groups is 1. The van der Waals surface area contributed by atoms with E-state index < -0.39 is 28.6 Å². The first-order valence-electron chi connectivity index (χ1n) is 14.8. The summed E-state index contributed by atoms with van der Waals surface area (Å²) in [4.78, 5) is 40.8. The Labute approximate surface area is 250 Å². The first-order valence-corrected chi connectivity index (χ1v) is 14.8. The van der Waals surface area contributed by atoms with Gasteiger partial charge in [0.25, 0.3) is 5.56 Å². The number of carboxylic acids is 1. The fourth-order valence-corrected chi connectivity index (χ4v) is 5.82. The van der Waals surface area contributed by atoms with Crippen molar-refractivity contribution >= 4 is 16.9 Å². The number of likely N-dealkylation sites (tertiary alicyclic amines) is 1. The molecule has 0 amide bonds. The van der Waals surface area contributed by atoms with Gasteiger partial charge in [-0.15, -0.1) is 0 Å². The first kappa shape index (κ1) is 30.4. The van der Waals surface area contributed by atoms with Gasteiger partial charge in [0.1, 0.15) is 17.5 Å². The molecule has 2 heterocycles. The van der Waals surface area contributed by atoms with Crippen molar-refractivity contribution in [3.05, 3.63) is 117 Å². The van der Waals surface area contributed by atoms with Crippen molar-refractivity contribution in [2.45, 2.75) is 63.8 Å². The Bertz CT molecular complexity index is 1640. The molecule has 3 aromatic carbocycles. The highest BCUT2D eigenvalue weighted by Crippen LogP contribution is 2.30. The molecule has 1 fully saturated rings. The average molecular weight is 588 g/mol. The number of hydrogen-bond donors (Lipinski definition) is 1. The van der Waals surface area contributed by atoms with Gasteiger partial charge in [-0.2, -0.15) is 0 Å². The third-order valence-corrected chi connectivity index (χ3v) is 8.36. The van der Waals surface area contributed by atoms with Crippen LogP contribution in [0.3, 0.4) is 0 Å². The van der Waals surface area contributed by atoms with Crippen LogP contribution in [-0.2, 0) is 21.6 Å². The Morgan fingerprint density at radius 2 is 1.51 bits per heavy atom. The Balaban J connectivity index is 1.21. The number of piperidine rings is 1. The molecule has 0 bridgehead atoms. The molecule has 1 aliphatic rings. The number of aryl methyl sites for hydroxylation is 1. The Morgan fingerprint density at radius 3 is 2.09 bits per heavy atom. The van der Waals surface area contributed by atoms with E-state index in [9.17, 15) is 23.9 Å². The van der Waals surface area contributed by atoms with Crippen molar-refractivity contribution in [2.24, 2.45) is 0 Å². The minimum Gasteiger partial charge on any atom is -0.480 e. The fraction of sp³-hybridized carbons (Fsp3) is 0.382. The lowest BCUT2D eigenvalue weighted by atomic mass is 10.00. The van der Waals surface area contributed by atoms with Crippen LogP contribution in [0.15, 0.2) is 88.5 Å². The van der Waals surface area contributed by atoms with E-state index >= 15 is 0 Å². The van der Waals surface area contributed by atoms with Gasteiger partial charge in [0, 0.05) is 19.6 Å². The third-order valence-electron chi connectivity index (χ3n) is 8.36. The summed E-state index contributed by atoms with van der Waals surface area (Å²) in [5.41, 5.74) is -0.725. The molecule has 4 aromatic rings. The van der Waals surface area contributed by atoms with E-state index in [0.717, 1.165) is 60.7 Å². The summed E-state index contributed by atoms with van der Waals surface area (Å²) < 4.78 is 22.8. The molecule has 1 aromatic heterocycles. The highest BCUT2D eigenvalue weighted by atomic mass is 19.1. The molecule has 0 unspecified atom stereocenters. The summed E-state index contributed by atoms with van der Waals surface area (Å²) >= 11 is 0. The van der Waals surface area contributed by atoms with Crippen LogP contribution in [0, 0.1) is 5.82 Å². The number of aliphatic carboxylic acids is 1. The monoisotopic (exact) mass is 587 g/mol. The maximum atomic E-state index is 14.1. The third kappa shape index (κ3) is 6.63. The van der Waals surface area contributed by atoms with Gasteiger partial charge in [0.15, 0.2) is 0 Å². The number of rotatable bonds is 11. The van der Waals surface area contributed by atoms with Crippen LogP contribution >= 0.6 is 0 Å². The highest BCUT2D eigenvalue weighted by molar-refractivity contribution is 5.80. The van der Waals surface area contributed by atoms with E-state index in [2.05, 4.69) is 29.2 Å². The number of fused-ring (bicyclic) bond motifs is 1. The van der Waals surface area contributed by atoms with Crippen molar-refractivity contribution in [1.29, 1.82) is 0 Å². The van der Waals surface area contributed by atoms with Gasteiger partial charge in [-0.3, -0.25) is 9.36 Å². The minimum absolute atomic E-state index is 0.0136. The molecule has 9 heteroatoms. The molecule has 0 spiro atoms. The minimum atomic E-state index is -1.79. The van der Waals surface area contributed by atoms with Crippen LogP contribution in [0.4, 0.5) is 4.39 Å². The quantitative estimate of drug-likeness (QED) is 0.243. The molecule has 0 atom stereocenters. The summed E-state index contributed by atoms with van der Waals surface area (Å²) in [6, 6.07) is 24.3. The second-order valence-electron chi connectivity index (χ2n) is 11.7. The Morgan fingerprint density at radius 1 is 0.930 bits per heavy atom. The molecule has 1 aliphatic heterocycles. The van der Waals surface area contributed by atoms with Crippen molar-refractivity contribution in [3.63, 3.8) is 0 Å². The van der Waals surface area contributed by atoms with E-state index in [1.807, 2.05) is 36.4 Å². The maximum Gasteiger partial charge on any atom is 0.332 e. The molecule has 0 radical (unpaired) electrons. The summed E-state index contributed by atoms with van der Waals surface area (Å²) in [5, 5.41) is 9.69. The van der Waals surface area contributed by atoms with E-state index in [1.54, 1.807) is 0 Å². The average Bonchev–Trinajstić information content (AvgIpc) is 3.01. The summed E-state index contributed by atoms with van der Waals surface area (Å²) in [5.74, 6) is -1.94. The van der Waals surface area contributed by atoms with Crippen molar-refractivity contribution in [2.75, 3.05) is 19.6 Å². The zero-order chi connectivity index (χ0) is 30.6. The number of carboxylic acid groups (broad SMARTS) is 1. The van der Waals surface area contributed by atoms with Gasteiger partial charge in [0.05, 0.1) is 17.0 Å². The molecule has 0 saturated carbocycles. The Kier molecular flexibility index (Phi) is 9.22. The predicted octanol–water partition coefficient (Wildman–Crippen LogP) is 5.17. The lowest BCUT2D eigenvalue weighted by Crippen LogP contribution is -2.52. The standard InChI is InChI=1S/C34H38FN3O5/c1-34(2,32(40)41)38-31(39)28-23-26(35)15-16-29(28)37(33(38)42)20-10-9-19-36-21-17-27(18-22-36)43-30(24-11-5-3-6-12-24)25-13-7-4-8-14-25/h3-8,11-16,23,27,30H,9-10,17-22H2,1-2H3,(H,40,41). The van der Waals surface area contributed by atoms with Crippen LogP contribution in [0.5, 0.6) is 0 Å². The van der Waals surface area contributed by atoms with Gasteiger partial charge in [-0.25, -0.2) is 18.5 Å². The first-order chi connectivity index (χ1) is 20.7. The predicted molar refractivity (Wildman–Crippen MR) is 164 cm³/mol. The highest BCUT2D eigenvalue weighted by Gasteiger charge is 2.34. The van der Waals surface area contributed by atoms with E-state index in [4.69, 9.17) is 4.74 Å². The van der Waals surface area contributed by atoms with Crippen LogP contribution in [0.1, 0.15) is 56.8 Å². The smallest absolute Gasteiger partial charge is 0.332 e. The van der Waals surface area contributed by atoms with Gasteiger partial charge >= 0.3 is 11.7 Å². The number of ether oxygens (including phenoxy) is 1. The lowest BCUT2D eigenvalue weighted by Gasteiger charge is -2.34. The van der Waals surface area contributed by atoms with Crippen LogP contribution in [0.2, 0.25) is 0 Å². The second kappa shape index (κ2) is 13.1. The van der Waals surface area contributed by atoms with Crippen LogP contribution in [-0.4, -0.2) is 50.8 Å². The second-order valence-corrected chi connectivity index (χ2v) is 11.7. The van der Waals surface area contributed by atoms with Crippen LogP contribution in [0.25, 0.3) is 10.9 Å². The lowest BCUT2D eigenvalue weighted by molar-refractivity contribution is -0.146. The van der Waals surface area contributed by atoms with Crippen molar-refractivity contribution in [1.82, 2.24) is 14.0 Å². The molecular formula is C34H38FN3O5. The number of aromatic nitrogens is 2.